The Hall–Kier alpha value is -1.38. The molecule has 50 valence electrons. The van der Waals surface area contributed by atoms with Crippen molar-refractivity contribution in [3.63, 3.8) is 0 Å². The summed E-state index contributed by atoms with van der Waals surface area (Å²) in [7, 11) is 0. The number of nitrogens with zero attached hydrogens (tertiary/aromatic N) is 2. The van der Waals surface area contributed by atoms with Gasteiger partial charge in [-0.1, -0.05) is 0 Å². The van der Waals surface area contributed by atoms with E-state index in [0.717, 1.165) is 5.57 Å². The smallest absolute Gasteiger partial charge is 0.209 e. The minimum absolute atomic E-state index is 0.0116. The molecule has 1 N–H and O–H groups in total. The topological polar surface area (TPSA) is 45.0 Å². The maximum Gasteiger partial charge on any atom is 0.209 e. The molecule has 2 heterocycles. The highest BCUT2D eigenvalue weighted by Crippen LogP contribution is 2.16. The predicted octanol–water partition coefficient (Wildman–Crippen LogP) is 0.850. The maximum atomic E-state index is 8.92. The molecule has 0 spiro atoms. The van der Waals surface area contributed by atoms with Crippen LogP contribution in [0.15, 0.2) is 33.6 Å². The van der Waals surface area contributed by atoms with Crippen LogP contribution in [0.5, 0.6) is 0 Å². The number of hydrogen-bond donors (Lipinski definition) is 1. The third-order valence-electron chi connectivity index (χ3n) is 1.51. The lowest BCUT2D eigenvalue weighted by Gasteiger charge is -2.07. The minimum Gasteiger partial charge on any atom is -0.493 e. The fourth-order valence-electron chi connectivity index (χ4n) is 0.990. The van der Waals surface area contributed by atoms with Crippen molar-refractivity contribution in [2.75, 3.05) is 0 Å². The Bertz CT molecular complexity index is 273. The lowest BCUT2D eigenvalue weighted by molar-refractivity contribution is 0.402. The molecule has 0 saturated carbocycles. The lowest BCUT2D eigenvalue weighted by Crippen LogP contribution is -2.07. The fourth-order valence-corrected chi connectivity index (χ4v) is 0.990. The second-order valence-corrected chi connectivity index (χ2v) is 2.19. The molecule has 0 fully saturated rings. The molecule has 0 saturated heterocycles. The zero-order valence-electron chi connectivity index (χ0n) is 5.23. The van der Waals surface area contributed by atoms with Gasteiger partial charge in [-0.15, -0.1) is 0 Å². The van der Waals surface area contributed by atoms with Crippen molar-refractivity contribution >= 4 is 12.4 Å². The number of rotatable bonds is 0. The van der Waals surface area contributed by atoms with E-state index in [1.165, 1.54) is 0 Å². The highest BCUT2D eigenvalue weighted by atomic mass is 16.3. The molecule has 0 aromatic rings. The number of fused-ring (bicyclic) bond motifs is 1. The van der Waals surface area contributed by atoms with Crippen molar-refractivity contribution in [2.24, 2.45) is 9.98 Å². The summed E-state index contributed by atoms with van der Waals surface area (Å²) in [6.45, 7) is 0. The van der Waals surface area contributed by atoms with Crippen molar-refractivity contribution in [3.8, 4) is 0 Å². The first-order valence-electron chi connectivity index (χ1n) is 3.04. The molecule has 0 aliphatic carbocycles. The predicted molar refractivity (Wildman–Crippen MR) is 39.6 cm³/mol. The summed E-state index contributed by atoms with van der Waals surface area (Å²) >= 11 is 0. The van der Waals surface area contributed by atoms with Gasteiger partial charge in [-0.2, -0.15) is 0 Å². The summed E-state index contributed by atoms with van der Waals surface area (Å²) in [5.41, 5.74) is 1.04. The fraction of sp³-hybridized carbons (Fsp3) is 0.143. The van der Waals surface area contributed by atoms with Crippen LogP contribution in [-0.2, 0) is 0 Å². The van der Waals surface area contributed by atoms with Gasteiger partial charge >= 0.3 is 0 Å². The van der Waals surface area contributed by atoms with Crippen LogP contribution in [0.2, 0.25) is 0 Å². The molecule has 0 radical (unpaired) electrons. The van der Waals surface area contributed by atoms with Crippen LogP contribution in [0.3, 0.4) is 0 Å². The molecule has 1 atom stereocenters. The van der Waals surface area contributed by atoms with Gasteiger partial charge in [-0.05, 0) is 6.08 Å². The Morgan fingerprint density at radius 2 is 2.40 bits per heavy atom. The van der Waals surface area contributed by atoms with Gasteiger partial charge in [0.25, 0.3) is 0 Å². The van der Waals surface area contributed by atoms with E-state index >= 15 is 0 Å². The molecule has 0 aromatic carbocycles. The average Bonchev–Trinajstić information content (AvgIpc) is 2.33. The Balaban J connectivity index is 2.39. The highest BCUT2D eigenvalue weighted by Gasteiger charge is 2.15. The molecular formula is C7H6N2O. The molecule has 2 aliphatic heterocycles. The maximum absolute atomic E-state index is 8.92. The molecular weight excluding hydrogens is 128 g/mol. The molecule has 0 unspecified atom stereocenters. The van der Waals surface area contributed by atoms with Crippen LogP contribution in [0.4, 0.5) is 0 Å². The van der Waals surface area contributed by atoms with Crippen LogP contribution in [0.1, 0.15) is 0 Å². The van der Waals surface area contributed by atoms with Crippen molar-refractivity contribution in [1.82, 2.24) is 0 Å². The highest BCUT2D eigenvalue weighted by molar-refractivity contribution is 5.93. The van der Waals surface area contributed by atoms with Crippen molar-refractivity contribution in [1.29, 1.82) is 0 Å². The number of aliphatic hydroxyl groups is 1. The van der Waals surface area contributed by atoms with E-state index in [1.807, 2.05) is 6.08 Å². The van der Waals surface area contributed by atoms with Gasteiger partial charge in [0.15, 0.2) is 0 Å². The first-order valence-corrected chi connectivity index (χ1v) is 3.04. The molecule has 2 aliphatic rings. The van der Waals surface area contributed by atoms with E-state index in [-0.39, 0.29) is 11.9 Å². The largest absolute Gasteiger partial charge is 0.493 e. The van der Waals surface area contributed by atoms with Crippen molar-refractivity contribution < 1.29 is 5.11 Å². The standard InChI is InChI=1S/C7H6N2O/c10-7-3-6-5(4-9-7)1-2-8-6/h1-4,6,10H/t6-/m1/s1. The van der Waals surface area contributed by atoms with Crippen LogP contribution in [0.25, 0.3) is 0 Å². The molecule has 10 heavy (non-hydrogen) atoms. The van der Waals surface area contributed by atoms with E-state index < -0.39 is 0 Å². The minimum atomic E-state index is 0.0116. The zero-order valence-corrected chi connectivity index (χ0v) is 5.23. The number of hydrogen-bond acceptors (Lipinski definition) is 3. The van der Waals surface area contributed by atoms with Crippen LogP contribution < -0.4 is 0 Å². The molecule has 0 aromatic heterocycles. The monoisotopic (exact) mass is 134 g/mol. The second-order valence-electron chi connectivity index (χ2n) is 2.19. The van der Waals surface area contributed by atoms with Gasteiger partial charge in [-0.25, -0.2) is 4.99 Å². The summed E-state index contributed by atoms with van der Waals surface area (Å²) in [6.07, 6.45) is 6.86. The van der Waals surface area contributed by atoms with Crippen LogP contribution in [-0.4, -0.2) is 23.6 Å². The molecule has 3 heteroatoms. The normalized spacial score (nSPS) is 27.8. The van der Waals surface area contributed by atoms with Gasteiger partial charge in [0.2, 0.25) is 5.88 Å². The van der Waals surface area contributed by atoms with Gasteiger partial charge in [0.05, 0.1) is 6.04 Å². The summed E-state index contributed by atoms with van der Waals surface area (Å²) in [6, 6.07) is 0.0116. The molecule has 2 rings (SSSR count). The molecule has 0 bridgehead atoms. The van der Waals surface area contributed by atoms with Gasteiger partial charge < -0.3 is 5.11 Å². The zero-order chi connectivity index (χ0) is 6.97. The Morgan fingerprint density at radius 3 is 3.30 bits per heavy atom. The quantitative estimate of drug-likeness (QED) is 0.524. The summed E-state index contributed by atoms with van der Waals surface area (Å²) in [5.74, 6) is 0.0567. The first kappa shape index (κ1) is 5.41. The summed E-state index contributed by atoms with van der Waals surface area (Å²) < 4.78 is 0. The Kier molecular flexibility index (Phi) is 0.974. The molecule has 0 amide bonds. The SMILES string of the molecule is OC1=C[C@H]2N=CC=C2C=N1. The third-order valence-corrected chi connectivity index (χ3v) is 1.51. The van der Waals surface area contributed by atoms with E-state index in [2.05, 4.69) is 9.98 Å². The number of aliphatic hydroxyl groups excluding tert-OH is 1. The number of aliphatic imine (C=N–C) groups is 2. The van der Waals surface area contributed by atoms with Crippen LogP contribution >= 0.6 is 0 Å². The summed E-state index contributed by atoms with van der Waals surface area (Å²) in [4.78, 5) is 7.78. The van der Waals surface area contributed by atoms with Gasteiger partial charge in [0.1, 0.15) is 0 Å². The first-order chi connectivity index (χ1) is 4.86. The molecule has 3 nitrogen and oxygen atoms in total. The van der Waals surface area contributed by atoms with E-state index in [4.69, 9.17) is 5.11 Å². The third kappa shape index (κ3) is 0.673. The van der Waals surface area contributed by atoms with Crippen molar-refractivity contribution in [2.45, 2.75) is 6.04 Å². The lowest BCUT2D eigenvalue weighted by atomic mass is 10.1. The van der Waals surface area contributed by atoms with Crippen LogP contribution in [0, 0.1) is 0 Å². The second kappa shape index (κ2) is 1.80. The van der Waals surface area contributed by atoms with E-state index in [9.17, 15) is 0 Å². The number of allylic oxidation sites excluding steroid dienone is 1. The average molecular weight is 134 g/mol. The Morgan fingerprint density at radius 1 is 1.50 bits per heavy atom. The van der Waals surface area contributed by atoms with E-state index in [1.54, 1.807) is 18.5 Å². The van der Waals surface area contributed by atoms with Gasteiger partial charge in [-0.3, -0.25) is 4.99 Å². The summed E-state index contributed by atoms with van der Waals surface area (Å²) in [5, 5.41) is 8.92. The Labute approximate surface area is 58.1 Å². The van der Waals surface area contributed by atoms with Crippen molar-refractivity contribution in [3.05, 3.63) is 23.6 Å². The van der Waals surface area contributed by atoms with E-state index in [0.29, 0.717) is 0 Å². The van der Waals surface area contributed by atoms with Gasteiger partial charge in [0, 0.05) is 24.1 Å².